The molecule has 21 heavy (non-hydrogen) atoms. The fourth-order valence-corrected chi connectivity index (χ4v) is 2.59. The van der Waals surface area contributed by atoms with Crippen molar-refractivity contribution in [1.29, 1.82) is 0 Å². The standard InChI is InChI=1S/C14H18FN3O3/c1-17(9-10-3-2-6-16-8-10)14(19)12-7-11(15)4-5-13(12)18(20)21/h4-5,7,10,16H,2-3,6,8-9H2,1H3. The zero-order chi connectivity index (χ0) is 15.4. The fraction of sp³-hybridized carbons (Fsp3) is 0.500. The summed E-state index contributed by atoms with van der Waals surface area (Å²) in [7, 11) is 1.59. The van der Waals surface area contributed by atoms with Crippen LogP contribution in [-0.4, -0.2) is 42.4 Å². The number of carbonyl (C=O) groups excluding carboxylic acids is 1. The van der Waals surface area contributed by atoms with Gasteiger partial charge in [0.25, 0.3) is 11.6 Å². The topological polar surface area (TPSA) is 75.5 Å². The lowest BCUT2D eigenvalue weighted by molar-refractivity contribution is -0.385. The second-order valence-electron chi connectivity index (χ2n) is 5.32. The third kappa shape index (κ3) is 3.75. The fourth-order valence-electron chi connectivity index (χ4n) is 2.59. The summed E-state index contributed by atoms with van der Waals surface area (Å²) < 4.78 is 13.3. The van der Waals surface area contributed by atoms with Crippen molar-refractivity contribution < 1.29 is 14.1 Å². The minimum absolute atomic E-state index is 0.203. The summed E-state index contributed by atoms with van der Waals surface area (Å²) in [6, 6.07) is 2.94. The van der Waals surface area contributed by atoms with Crippen LogP contribution in [0.2, 0.25) is 0 Å². The number of hydrogen-bond acceptors (Lipinski definition) is 4. The van der Waals surface area contributed by atoms with Gasteiger partial charge in [-0.15, -0.1) is 0 Å². The van der Waals surface area contributed by atoms with E-state index >= 15 is 0 Å². The van der Waals surface area contributed by atoms with E-state index in [1.54, 1.807) is 7.05 Å². The van der Waals surface area contributed by atoms with Crippen LogP contribution in [0.15, 0.2) is 18.2 Å². The smallest absolute Gasteiger partial charge is 0.282 e. The maximum Gasteiger partial charge on any atom is 0.282 e. The third-order valence-corrected chi connectivity index (χ3v) is 3.66. The van der Waals surface area contributed by atoms with Gasteiger partial charge in [0.15, 0.2) is 0 Å². The average Bonchev–Trinajstić information content (AvgIpc) is 2.47. The molecule has 1 saturated heterocycles. The van der Waals surface area contributed by atoms with E-state index < -0.39 is 16.6 Å². The number of carbonyl (C=O) groups is 1. The normalized spacial score (nSPS) is 18.3. The summed E-state index contributed by atoms with van der Waals surface area (Å²) in [5.74, 6) is -0.858. The zero-order valence-electron chi connectivity index (χ0n) is 11.8. The predicted octanol–water partition coefficient (Wildman–Crippen LogP) is 1.81. The summed E-state index contributed by atoms with van der Waals surface area (Å²) in [5, 5.41) is 14.2. The molecule has 6 nitrogen and oxygen atoms in total. The molecule has 7 heteroatoms. The Hall–Kier alpha value is -2.02. The van der Waals surface area contributed by atoms with Gasteiger partial charge in [0.05, 0.1) is 4.92 Å². The van der Waals surface area contributed by atoms with Gasteiger partial charge in [-0.25, -0.2) is 4.39 Å². The summed E-state index contributed by atoms with van der Waals surface area (Å²) >= 11 is 0. The maximum absolute atomic E-state index is 13.3. The number of nitrogens with zero attached hydrogens (tertiary/aromatic N) is 2. The molecule has 1 fully saturated rings. The maximum atomic E-state index is 13.3. The minimum atomic E-state index is -0.664. The molecule has 1 unspecified atom stereocenters. The molecule has 1 aromatic carbocycles. The van der Waals surface area contributed by atoms with Gasteiger partial charge >= 0.3 is 0 Å². The number of rotatable bonds is 4. The van der Waals surface area contributed by atoms with Gasteiger partial charge in [0.2, 0.25) is 0 Å². The molecule has 0 aliphatic carbocycles. The summed E-state index contributed by atoms with van der Waals surface area (Å²) in [4.78, 5) is 24.0. The number of nitro groups is 1. The number of benzene rings is 1. The van der Waals surface area contributed by atoms with Crippen molar-refractivity contribution in [2.45, 2.75) is 12.8 Å². The Morgan fingerprint density at radius 2 is 2.33 bits per heavy atom. The van der Waals surface area contributed by atoms with E-state index in [0.29, 0.717) is 12.5 Å². The molecular weight excluding hydrogens is 277 g/mol. The van der Waals surface area contributed by atoms with E-state index in [2.05, 4.69) is 5.32 Å². The zero-order valence-corrected chi connectivity index (χ0v) is 11.8. The monoisotopic (exact) mass is 295 g/mol. The van der Waals surface area contributed by atoms with Gasteiger partial charge < -0.3 is 10.2 Å². The van der Waals surface area contributed by atoms with Crippen LogP contribution in [0.5, 0.6) is 0 Å². The first-order valence-electron chi connectivity index (χ1n) is 6.89. The van der Waals surface area contributed by atoms with Crippen LogP contribution in [0.3, 0.4) is 0 Å². The molecule has 0 spiro atoms. The van der Waals surface area contributed by atoms with Gasteiger partial charge in [-0.05, 0) is 44.0 Å². The molecule has 1 atom stereocenters. The first-order chi connectivity index (χ1) is 9.99. The first kappa shape index (κ1) is 15.4. The Morgan fingerprint density at radius 1 is 1.57 bits per heavy atom. The molecule has 0 bridgehead atoms. The number of piperidine rings is 1. The van der Waals surface area contributed by atoms with E-state index in [1.165, 1.54) is 4.90 Å². The first-order valence-corrected chi connectivity index (χ1v) is 6.89. The second-order valence-corrected chi connectivity index (χ2v) is 5.32. The second kappa shape index (κ2) is 6.62. The highest BCUT2D eigenvalue weighted by molar-refractivity contribution is 5.98. The molecule has 0 radical (unpaired) electrons. The van der Waals surface area contributed by atoms with Gasteiger partial charge in [-0.1, -0.05) is 0 Å². The molecule has 114 valence electrons. The van der Waals surface area contributed by atoms with Crippen LogP contribution in [0.4, 0.5) is 10.1 Å². The lowest BCUT2D eigenvalue weighted by Crippen LogP contribution is -2.39. The summed E-state index contributed by atoms with van der Waals surface area (Å²) in [5.41, 5.74) is -0.568. The van der Waals surface area contributed by atoms with Gasteiger partial charge in [0, 0.05) is 19.7 Å². The minimum Gasteiger partial charge on any atom is -0.341 e. The van der Waals surface area contributed by atoms with Crippen molar-refractivity contribution in [3.05, 3.63) is 39.7 Å². The highest BCUT2D eigenvalue weighted by Crippen LogP contribution is 2.22. The molecule has 1 amide bonds. The number of nitro benzene ring substituents is 1. The SMILES string of the molecule is CN(CC1CCCNC1)C(=O)c1cc(F)ccc1[N+](=O)[O-]. The van der Waals surface area contributed by atoms with Gasteiger partial charge in [-0.2, -0.15) is 0 Å². The summed E-state index contributed by atoms with van der Waals surface area (Å²) in [6.45, 7) is 2.30. The lowest BCUT2D eigenvalue weighted by atomic mass is 9.99. The number of hydrogen-bond donors (Lipinski definition) is 1. The molecule has 0 saturated carbocycles. The number of nitrogens with one attached hydrogen (secondary N) is 1. The Bertz CT molecular complexity index is 544. The van der Waals surface area contributed by atoms with E-state index in [1.807, 2.05) is 0 Å². The van der Waals surface area contributed by atoms with Crippen molar-refractivity contribution >= 4 is 11.6 Å². The predicted molar refractivity (Wildman–Crippen MR) is 75.6 cm³/mol. The van der Waals surface area contributed by atoms with Crippen LogP contribution in [0.25, 0.3) is 0 Å². The van der Waals surface area contributed by atoms with Crippen LogP contribution < -0.4 is 5.32 Å². The quantitative estimate of drug-likeness (QED) is 0.679. The van der Waals surface area contributed by atoms with E-state index in [0.717, 1.165) is 44.1 Å². The molecule has 2 rings (SSSR count). The van der Waals surface area contributed by atoms with Crippen LogP contribution >= 0.6 is 0 Å². The Labute approximate surface area is 122 Å². The van der Waals surface area contributed by atoms with E-state index in [-0.39, 0.29) is 11.3 Å². The van der Waals surface area contributed by atoms with Crippen molar-refractivity contribution in [1.82, 2.24) is 10.2 Å². The Balaban J connectivity index is 2.14. The van der Waals surface area contributed by atoms with Gasteiger partial charge in [-0.3, -0.25) is 14.9 Å². The highest BCUT2D eigenvalue weighted by atomic mass is 19.1. The average molecular weight is 295 g/mol. The van der Waals surface area contributed by atoms with Crippen LogP contribution in [0, 0.1) is 21.8 Å². The van der Waals surface area contributed by atoms with Crippen molar-refractivity contribution in [2.75, 3.05) is 26.7 Å². The molecular formula is C14H18FN3O3. The Morgan fingerprint density at radius 3 is 2.95 bits per heavy atom. The molecule has 1 aliphatic rings. The van der Waals surface area contributed by atoms with Crippen molar-refractivity contribution in [3.63, 3.8) is 0 Å². The third-order valence-electron chi connectivity index (χ3n) is 3.66. The van der Waals surface area contributed by atoms with Crippen molar-refractivity contribution in [3.8, 4) is 0 Å². The molecule has 1 N–H and O–H groups in total. The molecule has 1 heterocycles. The molecule has 1 aromatic rings. The largest absolute Gasteiger partial charge is 0.341 e. The molecule has 1 aliphatic heterocycles. The molecule has 0 aromatic heterocycles. The highest BCUT2D eigenvalue weighted by Gasteiger charge is 2.25. The Kier molecular flexibility index (Phi) is 4.85. The van der Waals surface area contributed by atoms with Crippen LogP contribution in [0.1, 0.15) is 23.2 Å². The number of amides is 1. The summed E-state index contributed by atoms with van der Waals surface area (Å²) in [6.07, 6.45) is 2.06. The lowest BCUT2D eigenvalue weighted by Gasteiger charge is -2.27. The van der Waals surface area contributed by atoms with Gasteiger partial charge in [0.1, 0.15) is 11.4 Å². The van der Waals surface area contributed by atoms with Crippen LogP contribution in [-0.2, 0) is 0 Å². The van der Waals surface area contributed by atoms with E-state index in [4.69, 9.17) is 0 Å². The van der Waals surface area contributed by atoms with Crippen molar-refractivity contribution in [2.24, 2.45) is 5.92 Å². The van der Waals surface area contributed by atoms with E-state index in [9.17, 15) is 19.3 Å². The number of halogens is 1.